The number of aliphatic hydroxyl groups excluding tert-OH is 1. The Morgan fingerprint density at radius 1 is 1.29 bits per heavy atom. The van der Waals surface area contributed by atoms with Crippen LogP contribution in [0.4, 0.5) is 0 Å². The van der Waals surface area contributed by atoms with Crippen molar-refractivity contribution in [3.8, 4) is 0 Å². The van der Waals surface area contributed by atoms with Gasteiger partial charge in [0.15, 0.2) is 0 Å². The molecule has 1 radical (unpaired) electrons. The maximum atomic E-state index is 11.2. The number of methoxy groups -OCH3 is 1. The van der Waals surface area contributed by atoms with Crippen LogP contribution in [0.15, 0.2) is 35.4 Å². The quantitative estimate of drug-likeness (QED) is 0.215. The first-order chi connectivity index (χ1) is 13.6. The van der Waals surface area contributed by atoms with Crippen LogP contribution in [-0.4, -0.2) is 42.5 Å². The number of esters is 1. The minimum Gasteiger partial charge on any atom is -0.469 e. The van der Waals surface area contributed by atoms with Crippen molar-refractivity contribution < 1.29 is 24.1 Å². The highest BCUT2D eigenvalue weighted by molar-refractivity contribution is 5.68. The van der Waals surface area contributed by atoms with Crippen LogP contribution in [0.3, 0.4) is 0 Å². The van der Waals surface area contributed by atoms with Gasteiger partial charge in [-0.3, -0.25) is 4.79 Å². The third kappa shape index (κ3) is 6.49. The molecule has 0 amide bonds. The number of rotatable bonds is 10. The van der Waals surface area contributed by atoms with E-state index in [1.54, 1.807) is 6.92 Å². The molecule has 1 N–H and O–H groups in total. The summed E-state index contributed by atoms with van der Waals surface area (Å²) in [5.74, 6) is -0.221. The number of hydrogen-bond donors (Lipinski definition) is 1. The van der Waals surface area contributed by atoms with Gasteiger partial charge in [0.25, 0.3) is 0 Å². The first-order valence-electron chi connectivity index (χ1n) is 9.53. The molecule has 1 aromatic carbocycles. The summed E-state index contributed by atoms with van der Waals surface area (Å²) in [6.45, 7) is 2.11. The Labute approximate surface area is 165 Å². The van der Waals surface area contributed by atoms with E-state index in [2.05, 4.69) is 14.8 Å². The average Bonchev–Trinajstić information content (AvgIpc) is 2.71. The molecule has 1 aromatic rings. The Morgan fingerprint density at radius 2 is 2.04 bits per heavy atom. The zero-order chi connectivity index (χ0) is 20.4. The van der Waals surface area contributed by atoms with Gasteiger partial charge in [-0.05, 0) is 30.9 Å². The van der Waals surface area contributed by atoms with Crippen LogP contribution in [0.1, 0.15) is 44.6 Å². The van der Waals surface area contributed by atoms with Crippen molar-refractivity contribution in [1.29, 1.82) is 0 Å². The van der Waals surface area contributed by atoms with Gasteiger partial charge in [0.05, 0.1) is 32.0 Å². The Bertz CT molecular complexity index is 651. The van der Waals surface area contributed by atoms with Crippen molar-refractivity contribution in [3.63, 3.8) is 0 Å². The number of aliphatic hydroxyl groups is 1. The van der Waals surface area contributed by atoms with Crippen molar-refractivity contribution in [2.75, 3.05) is 7.11 Å². The van der Waals surface area contributed by atoms with Crippen LogP contribution in [0.2, 0.25) is 0 Å². The number of carbonyl (C=O) groups excluding carboxylic acids is 1. The van der Waals surface area contributed by atoms with E-state index in [1.165, 1.54) is 7.11 Å². The second-order valence-corrected chi connectivity index (χ2v) is 6.83. The molecule has 0 spiro atoms. The summed E-state index contributed by atoms with van der Waals surface area (Å²) in [6.07, 6.45) is 1.74. The number of carbonyl (C=O) groups is 1. The zero-order valence-electron chi connectivity index (χ0n) is 16.4. The molecule has 1 fully saturated rings. The first kappa shape index (κ1) is 22.2. The summed E-state index contributed by atoms with van der Waals surface area (Å²) in [7, 11) is 1.38. The monoisotopic (exact) mass is 390 g/mol. The minimum atomic E-state index is -0.976. The average molecular weight is 390 g/mol. The molecule has 0 saturated carbocycles. The Kier molecular flexibility index (Phi) is 9.23. The summed E-state index contributed by atoms with van der Waals surface area (Å²) < 4.78 is 16.4. The minimum absolute atomic E-state index is 0.221. The van der Waals surface area contributed by atoms with Crippen molar-refractivity contribution >= 4 is 5.97 Å². The molecule has 0 bridgehead atoms. The third-order valence-electron chi connectivity index (χ3n) is 4.80. The van der Waals surface area contributed by atoms with Crippen molar-refractivity contribution in [2.45, 2.75) is 70.0 Å². The number of hydrogen-bond acceptors (Lipinski definition) is 6. The fourth-order valence-corrected chi connectivity index (χ4v) is 3.25. The summed E-state index contributed by atoms with van der Waals surface area (Å²) >= 11 is 0. The second-order valence-electron chi connectivity index (χ2n) is 6.83. The standard InChI is InChI=1S/C20H28N3O5/c1-14-18(22-23-21)20(27-13-15-9-5-3-6-10-15)19(25)16(28-14)11-7-4-8-12-17(24)26-2/h3,5-6,9-10,14,18-20,25H,4,7-8,11-13H2,1-2H3/t14-,18-,19-,20+/m1/s1. The fraction of sp³-hybridized carbons (Fsp3) is 0.600. The van der Waals surface area contributed by atoms with Gasteiger partial charge in [0.1, 0.15) is 12.2 Å². The van der Waals surface area contributed by atoms with Crippen LogP contribution in [0, 0.1) is 6.10 Å². The van der Waals surface area contributed by atoms with Gasteiger partial charge in [0.2, 0.25) is 0 Å². The van der Waals surface area contributed by atoms with E-state index in [0.717, 1.165) is 24.8 Å². The van der Waals surface area contributed by atoms with E-state index in [-0.39, 0.29) is 5.97 Å². The van der Waals surface area contributed by atoms with Crippen LogP contribution in [0.5, 0.6) is 0 Å². The van der Waals surface area contributed by atoms with E-state index in [4.69, 9.17) is 15.0 Å². The van der Waals surface area contributed by atoms with Gasteiger partial charge in [0, 0.05) is 11.3 Å². The van der Waals surface area contributed by atoms with Crippen molar-refractivity contribution in [1.82, 2.24) is 0 Å². The lowest BCUT2D eigenvalue weighted by Crippen LogP contribution is -2.53. The van der Waals surface area contributed by atoms with Crippen LogP contribution < -0.4 is 0 Å². The van der Waals surface area contributed by atoms with Crippen LogP contribution in [0.25, 0.3) is 10.4 Å². The van der Waals surface area contributed by atoms with E-state index < -0.39 is 24.4 Å². The molecule has 1 aliphatic rings. The van der Waals surface area contributed by atoms with Gasteiger partial charge in [-0.2, -0.15) is 0 Å². The Balaban J connectivity index is 1.93. The molecule has 1 saturated heterocycles. The molecule has 153 valence electrons. The van der Waals surface area contributed by atoms with E-state index in [1.807, 2.05) is 30.3 Å². The van der Waals surface area contributed by atoms with E-state index in [0.29, 0.717) is 25.6 Å². The van der Waals surface area contributed by atoms with Crippen molar-refractivity contribution in [3.05, 3.63) is 52.4 Å². The van der Waals surface area contributed by atoms with Crippen LogP contribution in [-0.2, 0) is 25.6 Å². The molecule has 28 heavy (non-hydrogen) atoms. The lowest BCUT2D eigenvalue weighted by atomic mass is 9.91. The molecule has 4 atom stereocenters. The predicted octanol–water partition coefficient (Wildman–Crippen LogP) is 3.69. The van der Waals surface area contributed by atoms with Gasteiger partial charge in [-0.15, -0.1) is 0 Å². The second kappa shape index (κ2) is 11.7. The van der Waals surface area contributed by atoms with E-state index >= 15 is 0 Å². The largest absolute Gasteiger partial charge is 0.469 e. The molecule has 0 aliphatic carbocycles. The Morgan fingerprint density at radius 3 is 2.71 bits per heavy atom. The molecule has 0 aromatic heterocycles. The molecule has 1 heterocycles. The summed E-state index contributed by atoms with van der Waals surface area (Å²) in [5.41, 5.74) is 9.85. The maximum Gasteiger partial charge on any atom is 0.305 e. The van der Waals surface area contributed by atoms with Crippen LogP contribution >= 0.6 is 0 Å². The lowest BCUT2D eigenvalue weighted by molar-refractivity contribution is -0.151. The number of unbranched alkanes of at least 4 members (excludes halogenated alkanes) is 2. The highest BCUT2D eigenvalue weighted by atomic mass is 16.5. The predicted molar refractivity (Wildman–Crippen MR) is 103 cm³/mol. The molecule has 0 unspecified atom stereocenters. The fourth-order valence-electron chi connectivity index (χ4n) is 3.25. The number of azide groups is 1. The van der Waals surface area contributed by atoms with Gasteiger partial charge in [-0.25, -0.2) is 0 Å². The lowest BCUT2D eigenvalue weighted by Gasteiger charge is -2.41. The summed E-state index contributed by atoms with van der Waals surface area (Å²) in [5, 5.41) is 14.5. The van der Waals surface area contributed by atoms with Gasteiger partial charge >= 0.3 is 5.97 Å². The van der Waals surface area contributed by atoms with Crippen molar-refractivity contribution in [2.24, 2.45) is 5.11 Å². The van der Waals surface area contributed by atoms with E-state index in [9.17, 15) is 9.90 Å². The SMILES string of the molecule is COC(=O)CCCCC[C]1O[C@H](C)[C@@H](N=[N+]=[N-])[C@H](OCc2ccccc2)[C@@H]1O. The summed E-state index contributed by atoms with van der Waals surface area (Å²) in [4.78, 5) is 14.0. The molecular formula is C20H28N3O5. The molecule has 2 rings (SSSR count). The maximum absolute atomic E-state index is 11.2. The molecule has 8 heteroatoms. The normalized spacial score (nSPS) is 25.1. The smallest absolute Gasteiger partial charge is 0.305 e. The molecule has 1 aliphatic heterocycles. The first-order valence-corrected chi connectivity index (χ1v) is 9.53. The Hall–Kier alpha value is -2.12. The highest BCUT2D eigenvalue weighted by Crippen LogP contribution is 2.33. The highest BCUT2D eigenvalue weighted by Gasteiger charge is 2.44. The summed E-state index contributed by atoms with van der Waals surface area (Å²) in [6, 6.07) is 9.00. The number of benzene rings is 1. The van der Waals surface area contributed by atoms with Gasteiger partial charge < -0.3 is 19.3 Å². The zero-order valence-corrected chi connectivity index (χ0v) is 16.4. The van der Waals surface area contributed by atoms with Gasteiger partial charge in [-0.1, -0.05) is 48.3 Å². The molecule has 8 nitrogen and oxygen atoms in total. The third-order valence-corrected chi connectivity index (χ3v) is 4.80. The number of nitrogens with zero attached hydrogens (tertiary/aromatic N) is 3. The molecular weight excluding hydrogens is 362 g/mol. The topological polar surface area (TPSA) is 114 Å². The number of ether oxygens (including phenoxy) is 3.